The van der Waals surface area contributed by atoms with E-state index in [0.29, 0.717) is 6.10 Å². The van der Waals surface area contributed by atoms with Gasteiger partial charge in [0.2, 0.25) is 0 Å². The molecule has 2 aliphatic heterocycles. The van der Waals surface area contributed by atoms with E-state index >= 15 is 0 Å². The van der Waals surface area contributed by atoms with Crippen molar-refractivity contribution in [2.24, 2.45) is 5.73 Å². The van der Waals surface area contributed by atoms with Crippen molar-refractivity contribution >= 4 is 0 Å². The molecule has 2 rings (SSSR count). The van der Waals surface area contributed by atoms with Crippen LogP contribution in [0.1, 0.15) is 26.2 Å². The lowest BCUT2D eigenvalue weighted by Gasteiger charge is -2.36. The molecular weight excluding hydrogens is 204 g/mol. The van der Waals surface area contributed by atoms with Crippen LogP contribution >= 0.6 is 0 Å². The van der Waals surface area contributed by atoms with Crippen LogP contribution in [0.15, 0.2) is 0 Å². The molecule has 2 N–H and O–H groups in total. The Labute approximate surface area is 98.1 Å². The van der Waals surface area contributed by atoms with E-state index in [0.717, 1.165) is 58.7 Å². The molecule has 4 nitrogen and oxygen atoms in total. The molecule has 94 valence electrons. The quantitative estimate of drug-likeness (QED) is 0.765. The highest BCUT2D eigenvalue weighted by atomic mass is 16.5. The summed E-state index contributed by atoms with van der Waals surface area (Å²) in [6, 6.07) is 0. The van der Waals surface area contributed by atoms with Crippen LogP contribution in [0.25, 0.3) is 0 Å². The average Bonchev–Trinajstić information content (AvgIpc) is 2.68. The molecule has 0 saturated carbocycles. The summed E-state index contributed by atoms with van der Waals surface area (Å²) >= 11 is 0. The SMILES string of the molecule is CCOC1CCN(CC2(N)CCOC2)CC1. The Morgan fingerprint density at radius 2 is 2.19 bits per heavy atom. The second kappa shape index (κ2) is 5.45. The summed E-state index contributed by atoms with van der Waals surface area (Å²) in [5.41, 5.74) is 6.19. The van der Waals surface area contributed by atoms with Gasteiger partial charge in [-0.3, -0.25) is 0 Å². The Hall–Kier alpha value is -0.160. The predicted octanol–water partition coefficient (Wildman–Crippen LogP) is 0.605. The van der Waals surface area contributed by atoms with Crippen LogP contribution in [0.2, 0.25) is 0 Å². The van der Waals surface area contributed by atoms with Crippen LogP contribution in [0.3, 0.4) is 0 Å². The third-order valence-electron chi connectivity index (χ3n) is 3.61. The standard InChI is InChI=1S/C12H24N2O2/c1-2-16-11-3-6-14(7-4-11)9-12(13)5-8-15-10-12/h11H,2-10,13H2,1H3. The minimum Gasteiger partial charge on any atom is -0.379 e. The molecule has 1 atom stereocenters. The van der Waals surface area contributed by atoms with Crippen molar-refractivity contribution in [2.45, 2.75) is 37.8 Å². The number of rotatable bonds is 4. The second-order valence-corrected chi connectivity index (χ2v) is 5.10. The minimum absolute atomic E-state index is 0.0988. The van der Waals surface area contributed by atoms with Gasteiger partial charge in [0.05, 0.1) is 18.2 Å². The van der Waals surface area contributed by atoms with E-state index in [9.17, 15) is 0 Å². The van der Waals surface area contributed by atoms with Gasteiger partial charge in [-0.1, -0.05) is 0 Å². The van der Waals surface area contributed by atoms with Crippen LogP contribution in [-0.4, -0.2) is 56.0 Å². The molecule has 0 spiro atoms. The van der Waals surface area contributed by atoms with Gasteiger partial charge >= 0.3 is 0 Å². The van der Waals surface area contributed by atoms with Gasteiger partial charge in [0.15, 0.2) is 0 Å². The van der Waals surface area contributed by atoms with E-state index in [1.54, 1.807) is 0 Å². The van der Waals surface area contributed by atoms with Crippen LogP contribution in [0, 0.1) is 0 Å². The van der Waals surface area contributed by atoms with Crippen molar-refractivity contribution in [1.29, 1.82) is 0 Å². The van der Waals surface area contributed by atoms with Crippen molar-refractivity contribution in [2.75, 3.05) is 39.5 Å². The van der Waals surface area contributed by atoms with Crippen molar-refractivity contribution in [3.8, 4) is 0 Å². The summed E-state index contributed by atoms with van der Waals surface area (Å²) in [6.45, 7) is 7.65. The summed E-state index contributed by atoms with van der Waals surface area (Å²) in [7, 11) is 0. The van der Waals surface area contributed by atoms with E-state index in [1.165, 1.54) is 0 Å². The zero-order chi connectivity index (χ0) is 11.4. The van der Waals surface area contributed by atoms with Gasteiger partial charge in [0.25, 0.3) is 0 Å². The Morgan fingerprint density at radius 1 is 1.44 bits per heavy atom. The number of nitrogens with two attached hydrogens (primary N) is 1. The van der Waals surface area contributed by atoms with E-state index in [-0.39, 0.29) is 5.54 Å². The first-order valence-corrected chi connectivity index (χ1v) is 6.42. The van der Waals surface area contributed by atoms with Gasteiger partial charge in [0.1, 0.15) is 0 Å². The molecule has 0 aromatic rings. The largest absolute Gasteiger partial charge is 0.379 e. The van der Waals surface area contributed by atoms with Crippen LogP contribution < -0.4 is 5.73 Å². The van der Waals surface area contributed by atoms with Gasteiger partial charge in [0, 0.05) is 32.8 Å². The zero-order valence-electron chi connectivity index (χ0n) is 10.3. The Kier molecular flexibility index (Phi) is 4.19. The summed E-state index contributed by atoms with van der Waals surface area (Å²) in [4.78, 5) is 2.46. The lowest BCUT2D eigenvalue weighted by molar-refractivity contribution is 0.00907. The smallest absolute Gasteiger partial charge is 0.0659 e. The lowest BCUT2D eigenvalue weighted by atomic mass is 9.97. The summed E-state index contributed by atoms with van der Waals surface area (Å²) in [5, 5.41) is 0. The molecule has 0 amide bonds. The molecule has 0 bridgehead atoms. The first-order valence-electron chi connectivity index (χ1n) is 6.42. The number of likely N-dealkylation sites (tertiary alicyclic amines) is 1. The fourth-order valence-corrected chi connectivity index (χ4v) is 2.66. The molecule has 4 heteroatoms. The minimum atomic E-state index is -0.0988. The highest BCUT2D eigenvalue weighted by molar-refractivity contribution is 4.92. The fraction of sp³-hybridized carbons (Fsp3) is 1.00. The lowest BCUT2D eigenvalue weighted by Crippen LogP contribution is -2.53. The maximum absolute atomic E-state index is 6.29. The maximum Gasteiger partial charge on any atom is 0.0659 e. The molecule has 0 aliphatic carbocycles. The monoisotopic (exact) mass is 228 g/mol. The topological polar surface area (TPSA) is 47.7 Å². The molecule has 0 aromatic carbocycles. The van der Waals surface area contributed by atoms with Gasteiger partial charge < -0.3 is 20.1 Å². The maximum atomic E-state index is 6.29. The first-order chi connectivity index (χ1) is 7.72. The van der Waals surface area contributed by atoms with Gasteiger partial charge in [-0.25, -0.2) is 0 Å². The highest BCUT2D eigenvalue weighted by Gasteiger charge is 2.33. The number of piperidine rings is 1. The number of hydrogen-bond donors (Lipinski definition) is 1. The molecule has 2 aliphatic rings. The highest BCUT2D eigenvalue weighted by Crippen LogP contribution is 2.20. The van der Waals surface area contributed by atoms with Crippen molar-refractivity contribution in [1.82, 2.24) is 4.90 Å². The van der Waals surface area contributed by atoms with E-state index in [2.05, 4.69) is 11.8 Å². The third-order valence-corrected chi connectivity index (χ3v) is 3.61. The average molecular weight is 228 g/mol. The molecule has 1 unspecified atom stereocenters. The molecule has 2 fully saturated rings. The van der Waals surface area contributed by atoms with Crippen LogP contribution in [0.5, 0.6) is 0 Å². The van der Waals surface area contributed by atoms with Gasteiger partial charge in [-0.15, -0.1) is 0 Å². The molecule has 16 heavy (non-hydrogen) atoms. The normalized spacial score (nSPS) is 33.4. The van der Waals surface area contributed by atoms with Crippen molar-refractivity contribution < 1.29 is 9.47 Å². The molecule has 0 aromatic heterocycles. The third kappa shape index (κ3) is 3.17. The first kappa shape index (κ1) is 12.3. The molecule has 2 heterocycles. The van der Waals surface area contributed by atoms with Gasteiger partial charge in [-0.05, 0) is 26.2 Å². The molecular formula is C12H24N2O2. The summed E-state index contributed by atoms with van der Waals surface area (Å²) in [5.74, 6) is 0. The Balaban J connectivity index is 1.72. The Morgan fingerprint density at radius 3 is 2.75 bits per heavy atom. The van der Waals surface area contributed by atoms with Crippen LogP contribution in [0.4, 0.5) is 0 Å². The summed E-state index contributed by atoms with van der Waals surface area (Å²) < 4.78 is 11.0. The van der Waals surface area contributed by atoms with Gasteiger partial charge in [-0.2, -0.15) is 0 Å². The molecule has 2 saturated heterocycles. The van der Waals surface area contributed by atoms with E-state index in [1.807, 2.05) is 0 Å². The number of hydrogen-bond acceptors (Lipinski definition) is 4. The second-order valence-electron chi connectivity index (χ2n) is 5.10. The number of ether oxygens (including phenoxy) is 2. The number of nitrogens with zero attached hydrogens (tertiary/aromatic N) is 1. The van der Waals surface area contributed by atoms with Crippen LogP contribution in [-0.2, 0) is 9.47 Å². The zero-order valence-corrected chi connectivity index (χ0v) is 10.3. The fourth-order valence-electron chi connectivity index (χ4n) is 2.66. The van der Waals surface area contributed by atoms with E-state index in [4.69, 9.17) is 15.2 Å². The molecule has 0 radical (unpaired) electrons. The van der Waals surface area contributed by atoms with Crippen molar-refractivity contribution in [3.63, 3.8) is 0 Å². The van der Waals surface area contributed by atoms with Crippen molar-refractivity contribution in [3.05, 3.63) is 0 Å². The Bertz CT molecular complexity index is 209. The summed E-state index contributed by atoms with van der Waals surface area (Å²) in [6.07, 6.45) is 3.75. The predicted molar refractivity (Wildman–Crippen MR) is 63.4 cm³/mol. The van der Waals surface area contributed by atoms with E-state index < -0.39 is 0 Å².